The van der Waals surface area contributed by atoms with Gasteiger partial charge in [-0.05, 0) is 42.0 Å². The maximum atomic E-state index is 13.1. The van der Waals surface area contributed by atoms with Crippen LogP contribution in [0.3, 0.4) is 0 Å². The van der Waals surface area contributed by atoms with E-state index in [4.69, 9.17) is 5.10 Å². The van der Waals surface area contributed by atoms with Gasteiger partial charge in [0.2, 0.25) is 0 Å². The summed E-state index contributed by atoms with van der Waals surface area (Å²) in [6, 6.07) is 27.2. The van der Waals surface area contributed by atoms with Crippen LogP contribution in [0.1, 0.15) is 60.7 Å². The van der Waals surface area contributed by atoms with E-state index in [2.05, 4.69) is 86.3 Å². The fraction of sp³-hybridized carbons (Fsp3) is 0.286. The number of hydrogen-bond acceptors (Lipinski definition) is 3. The molecule has 0 radical (unpaired) electrons. The van der Waals surface area contributed by atoms with E-state index in [9.17, 15) is 4.79 Å². The monoisotopic (exact) mass is 425 g/mol. The van der Waals surface area contributed by atoms with Crippen molar-refractivity contribution in [3.8, 4) is 0 Å². The Kier molecular flexibility index (Phi) is 6.52. The van der Waals surface area contributed by atoms with Crippen LogP contribution in [-0.4, -0.2) is 28.1 Å². The second kappa shape index (κ2) is 9.49. The van der Waals surface area contributed by atoms with Gasteiger partial charge in [0.05, 0.1) is 12.3 Å². The summed E-state index contributed by atoms with van der Waals surface area (Å²) in [5, 5.41) is 6.49. The number of hydrogen-bond donors (Lipinski definition) is 0. The molecule has 0 aliphatic carbocycles. The second-order valence-electron chi connectivity index (χ2n) is 8.88. The van der Waals surface area contributed by atoms with Gasteiger partial charge in [-0.15, -0.1) is 0 Å². The number of benzene rings is 3. The predicted octanol–water partition coefficient (Wildman–Crippen LogP) is 5.89. The highest BCUT2D eigenvalue weighted by Gasteiger charge is 2.39. The topological polar surface area (TPSA) is 35.9 Å². The Balaban J connectivity index is 1.70. The van der Waals surface area contributed by atoms with Gasteiger partial charge in [0, 0.05) is 6.54 Å². The molecule has 0 spiro atoms. The molecule has 32 heavy (non-hydrogen) atoms. The van der Waals surface area contributed by atoms with Gasteiger partial charge in [-0.1, -0.05) is 98.3 Å². The third-order valence-electron chi connectivity index (χ3n) is 6.03. The number of rotatable bonds is 6. The minimum absolute atomic E-state index is 0.0188. The molecular weight excluding hydrogens is 394 g/mol. The summed E-state index contributed by atoms with van der Waals surface area (Å²) >= 11 is 0. The minimum atomic E-state index is -0.232. The molecule has 1 aliphatic heterocycles. The van der Waals surface area contributed by atoms with Crippen molar-refractivity contribution < 1.29 is 4.79 Å². The van der Waals surface area contributed by atoms with Crippen molar-refractivity contribution in [2.75, 3.05) is 6.54 Å². The summed E-state index contributed by atoms with van der Waals surface area (Å²) in [4.78, 5) is 15.3. The Morgan fingerprint density at radius 2 is 1.62 bits per heavy atom. The van der Waals surface area contributed by atoms with Crippen LogP contribution in [0.5, 0.6) is 0 Å². The van der Waals surface area contributed by atoms with Crippen LogP contribution in [0.2, 0.25) is 0 Å². The van der Waals surface area contributed by atoms with Crippen molar-refractivity contribution in [1.82, 2.24) is 9.91 Å². The molecule has 0 unspecified atom stereocenters. The standard InChI is InChI=1S/C28H31N3O/c1-20(2)24-14-16-26(17-15-24)28-30(18-23-8-6-5-7-9-23)19-27(32)31(28)29-22(4)25-12-10-21(3)11-13-25/h5-17,20,28H,18-19H2,1-4H3/b29-22-/t28-/m0/s1. The molecule has 0 bridgehead atoms. The van der Waals surface area contributed by atoms with Crippen molar-refractivity contribution >= 4 is 11.6 Å². The SMILES string of the molecule is C/C(=N/N1C(=O)CN(Cc2ccccc2)[C@@H]1c1ccc(C(C)C)cc1)c1ccc(C)cc1. The van der Waals surface area contributed by atoms with E-state index in [0.29, 0.717) is 19.0 Å². The predicted molar refractivity (Wildman–Crippen MR) is 130 cm³/mol. The average Bonchev–Trinajstić information content (AvgIpc) is 3.09. The molecule has 1 aliphatic rings. The first kappa shape index (κ1) is 22.0. The maximum Gasteiger partial charge on any atom is 0.258 e. The molecule has 4 heteroatoms. The Hall–Kier alpha value is -3.24. The van der Waals surface area contributed by atoms with Gasteiger partial charge in [0.1, 0.15) is 6.17 Å². The quantitative estimate of drug-likeness (QED) is 0.462. The summed E-state index contributed by atoms with van der Waals surface area (Å²) < 4.78 is 0. The smallest absolute Gasteiger partial charge is 0.258 e. The summed E-state index contributed by atoms with van der Waals surface area (Å²) in [7, 11) is 0. The van der Waals surface area contributed by atoms with E-state index in [1.54, 1.807) is 5.01 Å². The molecule has 4 nitrogen and oxygen atoms in total. The third kappa shape index (κ3) is 4.81. The fourth-order valence-electron chi connectivity index (χ4n) is 4.11. The van der Waals surface area contributed by atoms with E-state index in [-0.39, 0.29) is 12.1 Å². The van der Waals surface area contributed by atoms with Crippen LogP contribution in [0, 0.1) is 6.92 Å². The Morgan fingerprint density at radius 3 is 2.25 bits per heavy atom. The Labute approximate surface area is 191 Å². The van der Waals surface area contributed by atoms with Crippen LogP contribution >= 0.6 is 0 Å². The lowest BCUT2D eigenvalue weighted by Crippen LogP contribution is -2.29. The molecule has 1 amide bonds. The van der Waals surface area contributed by atoms with Crippen LogP contribution in [0.25, 0.3) is 0 Å². The molecule has 1 fully saturated rings. The summed E-state index contributed by atoms with van der Waals surface area (Å²) in [6.45, 7) is 9.46. The third-order valence-corrected chi connectivity index (χ3v) is 6.03. The van der Waals surface area contributed by atoms with E-state index >= 15 is 0 Å². The molecule has 1 heterocycles. The number of amides is 1. The zero-order chi connectivity index (χ0) is 22.7. The molecule has 4 rings (SSSR count). The first-order valence-electron chi connectivity index (χ1n) is 11.2. The highest BCUT2D eigenvalue weighted by molar-refractivity contribution is 5.99. The van der Waals surface area contributed by atoms with Crippen molar-refractivity contribution in [1.29, 1.82) is 0 Å². The summed E-state index contributed by atoms with van der Waals surface area (Å²) in [5.74, 6) is 0.484. The molecule has 0 saturated carbocycles. The van der Waals surface area contributed by atoms with Gasteiger partial charge >= 0.3 is 0 Å². The lowest BCUT2D eigenvalue weighted by molar-refractivity contribution is -0.128. The van der Waals surface area contributed by atoms with Gasteiger partial charge in [-0.3, -0.25) is 9.69 Å². The summed E-state index contributed by atoms with van der Waals surface area (Å²) in [6.07, 6.45) is -0.232. The van der Waals surface area contributed by atoms with Crippen molar-refractivity contribution in [3.63, 3.8) is 0 Å². The van der Waals surface area contributed by atoms with Crippen LogP contribution in [-0.2, 0) is 11.3 Å². The first-order valence-corrected chi connectivity index (χ1v) is 11.2. The molecule has 3 aromatic carbocycles. The van der Waals surface area contributed by atoms with E-state index in [0.717, 1.165) is 16.8 Å². The van der Waals surface area contributed by atoms with Gasteiger partial charge in [0.25, 0.3) is 5.91 Å². The molecule has 0 aromatic heterocycles. The largest absolute Gasteiger partial charge is 0.271 e. The second-order valence-corrected chi connectivity index (χ2v) is 8.88. The van der Waals surface area contributed by atoms with Gasteiger partial charge in [0.15, 0.2) is 0 Å². The van der Waals surface area contributed by atoms with E-state index in [1.807, 2.05) is 25.1 Å². The van der Waals surface area contributed by atoms with Crippen molar-refractivity contribution in [3.05, 3.63) is 107 Å². The zero-order valence-electron chi connectivity index (χ0n) is 19.3. The number of carbonyl (C=O) groups is 1. The molecular formula is C28H31N3O. The molecule has 164 valence electrons. The van der Waals surface area contributed by atoms with Gasteiger partial charge in [-0.2, -0.15) is 5.10 Å². The summed E-state index contributed by atoms with van der Waals surface area (Å²) in [5.41, 5.74) is 6.62. The van der Waals surface area contributed by atoms with Gasteiger partial charge in [-0.25, -0.2) is 5.01 Å². The van der Waals surface area contributed by atoms with Crippen LogP contribution in [0.15, 0.2) is 84.0 Å². The normalized spacial score (nSPS) is 17.4. The van der Waals surface area contributed by atoms with Crippen molar-refractivity contribution in [2.24, 2.45) is 5.10 Å². The van der Waals surface area contributed by atoms with E-state index in [1.165, 1.54) is 16.7 Å². The Morgan fingerprint density at radius 1 is 0.969 bits per heavy atom. The van der Waals surface area contributed by atoms with Crippen LogP contribution in [0.4, 0.5) is 0 Å². The van der Waals surface area contributed by atoms with E-state index < -0.39 is 0 Å². The minimum Gasteiger partial charge on any atom is -0.271 e. The lowest BCUT2D eigenvalue weighted by atomic mass is 10.0. The molecule has 1 atom stereocenters. The Bertz CT molecular complexity index is 1090. The fourth-order valence-corrected chi connectivity index (χ4v) is 4.11. The maximum absolute atomic E-state index is 13.1. The molecule has 3 aromatic rings. The first-order chi connectivity index (χ1) is 15.4. The number of carbonyl (C=O) groups excluding carboxylic acids is 1. The molecule has 0 N–H and O–H groups in total. The zero-order valence-corrected chi connectivity index (χ0v) is 19.3. The highest BCUT2D eigenvalue weighted by atomic mass is 16.2. The van der Waals surface area contributed by atoms with Gasteiger partial charge < -0.3 is 0 Å². The van der Waals surface area contributed by atoms with Crippen LogP contribution < -0.4 is 0 Å². The average molecular weight is 426 g/mol. The number of nitrogens with zero attached hydrogens (tertiary/aromatic N) is 3. The number of hydrazone groups is 1. The number of aryl methyl sites for hydroxylation is 1. The van der Waals surface area contributed by atoms with Crippen molar-refractivity contribution in [2.45, 2.75) is 46.3 Å². The molecule has 1 saturated heterocycles. The highest BCUT2D eigenvalue weighted by Crippen LogP contribution is 2.33. The lowest BCUT2D eigenvalue weighted by Gasteiger charge is -2.28.